The third-order valence-corrected chi connectivity index (χ3v) is 1.97. The fourth-order valence-electron chi connectivity index (χ4n) is 0.848. The molecule has 1 atom stereocenters. The van der Waals surface area contributed by atoms with Crippen LogP contribution in [0, 0.1) is 0 Å². The van der Waals surface area contributed by atoms with Gasteiger partial charge in [-0.25, -0.2) is 4.98 Å². The van der Waals surface area contributed by atoms with Gasteiger partial charge in [-0.3, -0.25) is 4.79 Å². The van der Waals surface area contributed by atoms with Gasteiger partial charge in [0, 0.05) is 12.3 Å². The first-order chi connectivity index (χ1) is 5.74. The highest BCUT2D eigenvalue weighted by Crippen LogP contribution is 2.13. The van der Waals surface area contributed by atoms with E-state index in [9.17, 15) is 4.79 Å². The van der Waals surface area contributed by atoms with Crippen LogP contribution in [0.4, 0.5) is 0 Å². The average Bonchev–Trinajstić information content (AvgIpc) is 2.51. The van der Waals surface area contributed by atoms with Crippen molar-refractivity contribution in [3.63, 3.8) is 0 Å². The molecule has 64 valence electrons. The number of carbonyl (C=O) groups excluding carboxylic acids is 1. The van der Waals surface area contributed by atoms with Crippen LogP contribution in [0.2, 0.25) is 0 Å². The van der Waals surface area contributed by atoms with E-state index in [1.165, 1.54) is 18.3 Å². The molecule has 12 heavy (non-hydrogen) atoms. The number of hydrogen-bond acceptors (Lipinski definition) is 3. The van der Waals surface area contributed by atoms with Gasteiger partial charge < -0.3 is 5.32 Å². The molecule has 0 aliphatic carbocycles. The van der Waals surface area contributed by atoms with E-state index in [-0.39, 0.29) is 11.9 Å². The lowest BCUT2D eigenvalue weighted by Crippen LogP contribution is -2.24. The summed E-state index contributed by atoms with van der Waals surface area (Å²) < 4.78 is 0. The first-order valence-electron chi connectivity index (χ1n) is 3.51. The summed E-state index contributed by atoms with van der Waals surface area (Å²) in [7, 11) is 0. The smallest absolute Gasteiger partial charge is 0.217 e. The molecular formula is C8H10N2OS. The Morgan fingerprint density at radius 3 is 3.08 bits per heavy atom. The number of thiazole rings is 1. The summed E-state index contributed by atoms with van der Waals surface area (Å²) in [6, 6.07) is -0.159. The number of carbonyl (C=O) groups is 1. The lowest BCUT2D eigenvalue weighted by atomic mass is 10.2. The molecule has 3 nitrogen and oxygen atoms in total. The SMILES string of the molecule is C=CC(NC(C)=O)c1cscn1. The van der Waals surface area contributed by atoms with Crippen molar-refractivity contribution in [2.75, 3.05) is 0 Å². The maximum atomic E-state index is 10.7. The molecule has 0 bridgehead atoms. The van der Waals surface area contributed by atoms with Crippen molar-refractivity contribution in [1.82, 2.24) is 10.3 Å². The van der Waals surface area contributed by atoms with Crippen LogP contribution in [0.25, 0.3) is 0 Å². The summed E-state index contributed by atoms with van der Waals surface area (Å²) in [5.41, 5.74) is 2.57. The lowest BCUT2D eigenvalue weighted by Gasteiger charge is -2.09. The summed E-state index contributed by atoms with van der Waals surface area (Å²) in [5, 5.41) is 4.61. The highest BCUT2D eigenvalue weighted by atomic mass is 32.1. The van der Waals surface area contributed by atoms with Crippen LogP contribution in [0.1, 0.15) is 18.7 Å². The predicted octanol–water partition coefficient (Wildman–Crippen LogP) is 1.51. The minimum atomic E-state index is -0.159. The molecular weight excluding hydrogens is 172 g/mol. The number of aromatic nitrogens is 1. The second-order valence-corrected chi connectivity index (χ2v) is 3.05. The number of hydrogen-bond donors (Lipinski definition) is 1. The molecule has 0 aliphatic rings. The normalized spacial score (nSPS) is 12.1. The summed E-state index contributed by atoms with van der Waals surface area (Å²) in [6.07, 6.45) is 1.66. The molecule has 0 radical (unpaired) electrons. The van der Waals surface area contributed by atoms with Crippen LogP contribution in [0.15, 0.2) is 23.5 Å². The number of amides is 1. The number of nitrogens with zero attached hydrogens (tertiary/aromatic N) is 1. The van der Waals surface area contributed by atoms with Gasteiger partial charge in [0.25, 0.3) is 0 Å². The van der Waals surface area contributed by atoms with Gasteiger partial charge in [0.2, 0.25) is 5.91 Å². The van der Waals surface area contributed by atoms with Crippen LogP contribution < -0.4 is 5.32 Å². The minimum absolute atomic E-state index is 0.0760. The van der Waals surface area contributed by atoms with Crippen molar-refractivity contribution >= 4 is 17.2 Å². The highest BCUT2D eigenvalue weighted by molar-refractivity contribution is 7.07. The number of rotatable bonds is 3. The quantitative estimate of drug-likeness (QED) is 0.720. The number of nitrogens with one attached hydrogen (secondary N) is 1. The van der Waals surface area contributed by atoms with E-state index in [0.717, 1.165) is 5.69 Å². The Balaban J connectivity index is 2.69. The Morgan fingerprint density at radius 2 is 2.67 bits per heavy atom. The third-order valence-electron chi connectivity index (χ3n) is 1.36. The lowest BCUT2D eigenvalue weighted by molar-refractivity contribution is -0.119. The Bertz CT molecular complexity index is 269. The fourth-order valence-corrected chi connectivity index (χ4v) is 1.44. The van der Waals surface area contributed by atoms with Gasteiger partial charge in [0.05, 0.1) is 17.2 Å². The summed E-state index contributed by atoms with van der Waals surface area (Å²) >= 11 is 1.50. The topological polar surface area (TPSA) is 42.0 Å². The molecule has 0 aromatic carbocycles. The predicted molar refractivity (Wildman–Crippen MR) is 48.9 cm³/mol. The van der Waals surface area contributed by atoms with Crippen molar-refractivity contribution in [2.24, 2.45) is 0 Å². The zero-order chi connectivity index (χ0) is 8.97. The molecule has 1 rings (SSSR count). The van der Waals surface area contributed by atoms with Crippen LogP contribution >= 0.6 is 11.3 Å². The summed E-state index contributed by atoms with van der Waals surface area (Å²) in [6.45, 7) is 5.10. The molecule has 0 aliphatic heterocycles. The van der Waals surface area contributed by atoms with Gasteiger partial charge in [-0.2, -0.15) is 0 Å². The monoisotopic (exact) mass is 182 g/mol. The standard InChI is InChI=1S/C8H10N2OS/c1-3-7(10-6(2)11)8-4-12-5-9-8/h3-5,7H,1H2,2H3,(H,10,11). The van der Waals surface area contributed by atoms with E-state index in [4.69, 9.17) is 0 Å². The maximum absolute atomic E-state index is 10.7. The Labute approximate surface area is 75.1 Å². The molecule has 0 saturated heterocycles. The minimum Gasteiger partial charge on any atom is -0.344 e. The summed E-state index contributed by atoms with van der Waals surface area (Å²) in [4.78, 5) is 14.8. The van der Waals surface area contributed by atoms with E-state index >= 15 is 0 Å². The van der Waals surface area contributed by atoms with Gasteiger partial charge >= 0.3 is 0 Å². The van der Waals surface area contributed by atoms with Crippen LogP contribution in [-0.2, 0) is 4.79 Å². The third kappa shape index (κ3) is 2.17. The molecule has 1 aromatic rings. The molecule has 0 saturated carbocycles. The van der Waals surface area contributed by atoms with Crippen molar-refractivity contribution < 1.29 is 4.79 Å². The molecule has 1 heterocycles. The first kappa shape index (κ1) is 8.93. The van der Waals surface area contributed by atoms with Crippen molar-refractivity contribution in [2.45, 2.75) is 13.0 Å². The van der Waals surface area contributed by atoms with Crippen LogP contribution in [-0.4, -0.2) is 10.9 Å². The zero-order valence-electron chi connectivity index (χ0n) is 6.78. The Hall–Kier alpha value is -1.16. The van der Waals surface area contributed by atoms with Gasteiger partial charge in [0.15, 0.2) is 0 Å². The van der Waals surface area contributed by atoms with Crippen molar-refractivity contribution in [3.8, 4) is 0 Å². The maximum Gasteiger partial charge on any atom is 0.217 e. The van der Waals surface area contributed by atoms with E-state index in [0.29, 0.717) is 0 Å². The van der Waals surface area contributed by atoms with E-state index in [1.54, 1.807) is 11.6 Å². The van der Waals surface area contributed by atoms with Gasteiger partial charge in [-0.1, -0.05) is 6.08 Å². The van der Waals surface area contributed by atoms with Crippen LogP contribution in [0.5, 0.6) is 0 Å². The van der Waals surface area contributed by atoms with Gasteiger partial charge in [-0.15, -0.1) is 17.9 Å². The fraction of sp³-hybridized carbons (Fsp3) is 0.250. The average molecular weight is 182 g/mol. The largest absolute Gasteiger partial charge is 0.344 e. The first-order valence-corrected chi connectivity index (χ1v) is 4.46. The van der Waals surface area contributed by atoms with E-state index in [2.05, 4.69) is 16.9 Å². The summed E-state index contributed by atoms with van der Waals surface area (Å²) in [5.74, 6) is -0.0760. The van der Waals surface area contributed by atoms with Gasteiger partial charge in [0.1, 0.15) is 0 Å². The molecule has 0 spiro atoms. The molecule has 1 amide bonds. The van der Waals surface area contributed by atoms with E-state index in [1.807, 2.05) is 5.38 Å². The molecule has 4 heteroatoms. The Morgan fingerprint density at radius 1 is 1.92 bits per heavy atom. The second kappa shape index (κ2) is 4.01. The van der Waals surface area contributed by atoms with Crippen molar-refractivity contribution in [3.05, 3.63) is 29.2 Å². The molecule has 1 aromatic heterocycles. The second-order valence-electron chi connectivity index (χ2n) is 2.33. The highest BCUT2D eigenvalue weighted by Gasteiger charge is 2.09. The van der Waals surface area contributed by atoms with E-state index < -0.39 is 0 Å². The Kier molecular flexibility index (Phi) is 2.99. The molecule has 1 unspecified atom stereocenters. The zero-order valence-corrected chi connectivity index (χ0v) is 7.60. The van der Waals surface area contributed by atoms with Gasteiger partial charge in [-0.05, 0) is 0 Å². The molecule has 1 N–H and O–H groups in total. The van der Waals surface area contributed by atoms with Crippen molar-refractivity contribution in [1.29, 1.82) is 0 Å². The molecule has 0 fully saturated rings. The van der Waals surface area contributed by atoms with Crippen LogP contribution in [0.3, 0.4) is 0 Å².